The smallest absolute Gasteiger partial charge is 0.258 e. The first-order chi connectivity index (χ1) is 9.97. The Balaban J connectivity index is 2.07. The van der Waals surface area contributed by atoms with E-state index in [1.54, 1.807) is 36.4 Å². The van der Waals surface area contributed by atoms with Crippen LogP contribution in [-0.2, 0) is 0 Å². The Kier molecular flexibility index (Phi) is 4.93. The number of amides is 1. The van der Waals surface area contributed by atoms with Crippen molar-refractivity contribution < 1.29 is 9.90 Å². The lowest BCUT2D eigenvalue weighted by Crippen LogP contribution is -2.34. The maximum Gasteiger partial charge on any atom is 0.258 e. The van der Waals surface area contributed by atoms with Crippen LogP contribution in [0.3, 0.4) is 0 Å². The van der Waals surface area contributed by atoms with Gasteiger partial charge in [-0.25, -0.2) is 0 Å². The van der Waals surface area contributed by atoms with Crippen molar-refractivity contribution in [2.45, 2.75) is 6.92 Å². The van der Waals surface area contributed by atoms with Crippen LogP contribution in [0.1, 0.15) is 15.9 Å². The Bertz CT molecular complexity index is 704. The SMILES string of the molecule is Cc1ccc(O)c(NC(=S)NC(=O)c2ccccc2Br)c1. The van der Waals surface area contributed by atoms with E-state index in [2.05, 4.69) is 26.6 Å². The van der Waals surface area contributed by atoms with E-state index in [4.69, 9.17) is 12.2 Å². The normalized spacial score (nSPS) is 10.0. The van der Waals surface area contributed by atoms with E-state index in [0.29, 0.717) is 15.7 Å². The number of carbonyl (C=O) groups excluding carboxylic acids is 1. The summed E-state index contributed by atoms with van der Waals surface area (Å²) in [6.45, 7) is 1.90. The number of anilines is 1. The number of aryl methyl sites for hydroxylation is 1. The molecular formula is C15H13BrN2O2S. The molecular weight excluding hydrogens is 352 g/mol. The Morgan fingerprint density at radius 2 is 1.95 bits per heavy atom. The first-order valence-electron chi connectivity index (χ1n) is 6.14. The highest BCUT2D eigenvalue weighted by atomic mass is 79.9. The van der Waals surface area contributed by atoms with E-state index >= 15 is 0 Å². The minimum Gasteiger partial charge on any atom is -0.506 e. The van der Waals surface area contributed by atoms with Gasteiger partial charge in [-0.2, -0.15) is 0 Å². The molecule has 0 fully saturated rings. The van der Waals surface area contributed by atoms with Crippen molar-refractivity contribution in [2.75, 3.05) is 5.32 Å². The van der Waals surface area contributed by atoms with Gasteiger partial charge in [0.05, 0.1) is 11.3 Å². The predicted octanol–water partition coefficient (Wildman–Crippen LogP) is 3.59. The number of rotatable bonds is 2. The highest BCUT2D eigenvalue weighted by molar-refractivity contribution is 9.10. The number of phenols is 1. The van der Waals surface area contributed by atoms with Crippen LogP contribution in [0.5, 0.6) is 5.75 Å². The molecule has 0 radical (unpaired) electrons. The molecule has 2 aromatic rings. The molecule has 108 valence electrons. The number of thiocarbonyl (C=S) groups is 1. The molecule has 0 aliphatic heterocycles. The Morgan fingerprint density at radius 3 is 2.67 bits per heavy atom. The summed E-state index contributed by atoms with van der Waals surface area (Å²) in [5.74, 6) is -0.259. The third-order valence-corrected chi connectivity index (χ3v) is 3.64. The summed E-state index contributed by atoms with van der Waals surface area (Å²) in [5, 5.41) is 15.2. The number of benzene rings is 2. The van der Waals surface area contributed by atoms with Crippen LogP contribution in [0.2, 0.25) is 0 Å². The van der Waals surface area contributed by atoms with Crippen LogP contribution < -0.4 is 10.6 Å². The molecule has 3 N–H and O–H groups in total. The van der Waals surface area contributed by atoms with E-state index < -0.39 is 0 Å². The summed E-state index contributed by atoms with van der Waals surface area (Å²) in [4.78, 5) is 12.1. The average Bonchev–Trinajstić information content (AvgIpc) is 2.43. The first kappa shape index (κ1) is 15.5. The minimum atomic E-state index is -0.327. The lowest BCUT2D eigenvalue weighted by molar-refractivity contribution is 0.0977. The standard InChI is InChI=1S/C15H13BrN2O2S/c1-9-6-7-13(19)12(8-9)17-15(21)18-14(20)10-4-2-3-5-11(10)16/h2-8,19H,1H3,(H2,17,18,20,21). The van der Waals surface area contributed by atoms with E-state index in [1.807, 2.05) is 13.0 Å². The largest absolute Gasteiger partial charge is 0.506 e. The van der Waals surface area contributed by atoms with Crippen LogP contribution in [0.25, 0.3) is 0 Å². The molecule has 0 aromatic heterocycles. The molecule has 4 nitrogen and oxygen atoms in total. The van der Waals surface area contributed by atoms with Crippen LogP contribution in [0.4, 0.5) is 5.69 Å². The van der Waals surface area contributed by atoms with Gasteiger partial charge in [-0.15, -0.1) is 0 Å². The molecule has 0 unspecified atom stereocenters. The van der Waals surface area contributed by atoms with Crippen molar-refractivity contribution in [2.24, 2.45) is 0 Å². The molecule has 0 atom stereocenters. The zero-order valence-corrected chi connectivity index (χ0v) is 13.6. The number of nitrogens with one attached hydrogen (secondary N) is 2. The van der Waals surface area contributed by atoms with Gasteiger partial charge in [-0.3, -0.25) is 10.1 Å². The lowest BCUT2D eigenvalue weighted by Gasteiger charge is -2.12. The number of phenolic OH excluding ortho intramolecular Hbond substituents is 1. The van der Waals surface area contributed by atoms with Gasteiger partial charge < -0.3 is 10.4 Å². The number of carbonyl (C=O) groups is 1. The zero-order chi connectivity index (χ0) is 15.4. The highest BCUT2D eigenvalue weighted by Gasteiger charge is 2.11. The van der Waals surface area contributed by atoms with Crippen molar-refractivity contribution >= 4 is 44.9 Å². The molecule has 21 heavy (non-hydrogen) atoms. The fourth-order valence-corrected chi connectivity index (χ4v) is 2.39. The van der Waals surface area contributed by atoms with Crippen molar-refractivity contribution in [1.82, 2.24) is 5.32 Å². The predicted molar refractivity (Wildman–Crippen MR) is 90.7 cm³/mol. The van der Waals surface area contributed by atoms with Gasteiger partial charge in [0.25, 0.3) is 5.91 Å². The van der Waals surface area contributed by atoms with Crippen LogP contribution >= 0.6 is 28.1 Å². The molecule has 6 heteroatoms. The van der Waals surface area contributed by atoms with E-state index in [9.17, 15) is 9.90 Å². The molecule has 0 heterocycles. The minimum absolute atomic E-state index is 0.0677. The maximum absolute atomic E-state index is 12.1. The van der Waals surface area contributed by atoms with Gasteiger partial charge in [-0.05, 0) is 64.9 Å². The number of halogens is 1. The van der Waals surface area contributed by atoms with E-state index in [0.717, 1.165) is 5.56 Å². The summed E-state index contributed by atoms with van der Waals surface area (Å²) in [6, 6.07) is 12.1. The first-order valence-corrected chi connectivity index (χ1v) is 7.34. The van der Waals surface area contributed by atoms with Gasteiger partial charge in [0.1, 0.15) is 5.75 Å². The number of aromatic hydroxyl groups is 1. The zero-order valence-electron chi connectivity index (χ0n) is 11.2. The lowest BCUT2D eigenvalue weighted by atomic mass is 10.2. The second-order valence-corrected chi connectivity index (χ2v) is 5.67. The molecule has 0 aliphatic carbocycles. The quantitative estimate of drug-likeness (QED) is 0.562. The summed E-state index contributed by atoms with van der Waals surface area (Å²) in [5.41, 5.74) is 1.90. The molecule has 0 spiro atoms. The molecule has 2 rings (SSSR count). The summed E-state index contributed by atoms with van der Waals surface area (Å²) < 4.78 is 0.684. The number of hydrogen-bond donors (Lipinski definition) is 3. The molecule has 1 amide bonds. The van der Waals surface area contributed by atoms with Crippen molar-refractivity contribution in [3.8, 4) is 5.75 Å². The van der Waals surface area contributed by atoms with Crippen LogP contribution in [0.15, 0.2) is 46.9 Å². The number of hydrogen-bond acceptors (Lipinski definition) is 3. The molecule has 0 saturated carbocycles. The van der Waals surface area contributed by atoms with Gasteiger partial charge >= 0.3 is 0 Å². The van der Waals surface area contributed by atoms with Crippen molar-refractivity contribution in [3.05, 3.63) is 58.1 Å². The van der Waals surface area contributed by atoms with Gasteiger partial charge in [-0.1, -0.05) is 18.2 Å². The topological polar surface area (TPSA) is 61.4 Å². The monoisotopic (exact) mass is 364 g/mol. The Hall–Kier alpha value is -1.92. The van der Waals surface area contributed by atoms with Crippen molar-refractivity contribution in [1.29, 1.82) is 0 Å². The maximum atomic E-state index is 12.1. The molecule has 0 bridgehead atoms. The fourth-order valence-electron chi connectivity index (χ4n) is 1.72. The second kappa shape index (κ2) is 6.69. The Morgan fingerprint density at radius 1 is 1.24 bits per heavy atom. The summed E-state index contributed by atoms with van der Waals surface area (Å²) in [6.07, 6.45) is 0. The van der Waals surface area contributed by atoms with Crippen molar-refractivity contribution in [3.63, 3.8) is 0 Å². The van der Waals surface area contributed by atoms with Crippen LogP contribution in [-0.4, -0.2) is 16.1 Å². The summed E-state index contributed by atoms with van der Waals surface area (Å²) >= 11 is 8.40. The van der Waals surface area contributed by atoms with Crippen LogP contribution in [0, 0.1) is 6.92 Å². The van der Waals surface area contributed by atoms with Gasteiger partial charge in [0.15, 0.2) is 5.11 Å². The molecule has 0 saturated heterocycles. The highest BCUT2D eigenvalue weighted by Crippen LogP contribution is 2.23. The summed E-state index contributed by atoms with van der Waals surface area (Å²) in [7, 11) is 0. The van der Waals surface area contributed by atoms with E-state index in [-0.39, 0.29) is 16.8 Å². The Labute approximate surface area is 136 Å². The van der Waals surface area contributed by atoms with Gasteiger partial charge in [0.2, 0.25) is 0 Å². The third-order valence-electron chi connectivity index (χ3n) is 2.75. The second-order valence-electron chi connectivity index (χ2n) is 4.41. The fraction of sp³-hybridized carbons (Fsp3) is 0.0667. The molecule has 2 aromatic carbocycles. The average molecular weight is 365 g/mol. The van der Waals surface area contributed by atoms with Gasteiger partial charge in [0, 0.05) is 4.47 Å². The third kappa shape index (κ3) is 4.03. The van der Waals surface area contributed by atoms with E-state index in [1.165, 1.54) is 0 Å². The molecule has 0 aliphatic rings.